The molecule has 11 rings (SSSR count). The van der Waals surface area contributed by atoms with Gasteiger partial charge in [-0.1, -0.05) is 84.8 Å². The average Bonchev–Trinajstić information content (AvgIpc) is 3.83. The highest BCUT2D eigenvalue weighted by atomic mass is 35.5. The van der Waals surface area contributed by atoms with Gasteiger partial charge in [-0.05, 0) is 156 Å². The molecule has 0 unspecified atom stereocenters. The molecule has 1 aliphatic carbocycles. The second kappa shape index (κ2) is 18.7. The van der Waals surface area contributed by atoms with Crippen molar-refractivity contribution in [3.8, 4) is 22.5 Å². The predicted octanol–water partition coefficient (Wildman–Crippen LogP) is 12.5. The summed E-state index contributed by atoms with van der Waals surface area (Å²) in [6.45, 7) is 7.68. The summed E-state index contributed by atoms with van der Waals surface area (Å²) in [6, 6.07) is 39.6. The molecule has 1 aliphatic heterocycles. The van der Waals surface area contributed by atoms with Crippen LogP contribution in [-0.2, 0) is 45.8 Å². The lowest BCUT2D eigenvalue weighted by Crippen LogP contribution is -2.30. The second-order valence-corrected chi connectivity index (χ2v) is 19.3. The molecule has 0 bridgehead atoms. The Bertz CT molecular complexity index is 3470. The Morgan fingerprint density at radius 1 is 0.725 bits per heavy atom. The number of carboxylic acids is 1. The van der Waals surface area contributed by atoms with Crippen molar-refractivity contribution < 1.29 is 9.90 Å². The van der Waals surface area contributed by atoms with E-state index in [1.807, 2.05) is 55.0 Å². The van der Waals surface area contributed by atoms with E-state index in [4.69, 9.17) is 26.6 Å². The quantitative estimate of drug-likeness (QED) is 0.138. The normalized spacial score (nSPS) is 14.0. The second-order valence-electron chi connectivity index (χ2n) is 18.8. The van der Waals surface area contributed by atoms with Crippen LogP contribution in [0.15, 0.2) is 139 Å². The van der Waals surface area contributed by atoms with Crippen LogP contribution in [0.25, 0.3) is 50.2 Å². The van der Waals surface area contributed by atoms with Crippen LogP contribution in [0.5, 0.6) is 0 Å². The van der Waals surface area contributed by atoms with Gasteiger partial charge in [0.25, 0.3) is 0 Å². The Morgan fingerprint density at radius 2 is 1.52 bits per heavy atom. The van der Waals surface area contributed by atoms with E-state index in [1.54, 1.807) is 6.07 Å². The van der Waals surface area contributed by atoms with Crippen LogP contribution in [0, 0.1) is 6.92 Å². The van der Waals surface area contributed by atoms with E-state index in [0.29, 0.717) is 18.5 Å². The summed E-state index contributed by atoms with van der Waals surface area (Å²) in [5, 5.41) is 11.1. The van der Waals surface area contributed by atoms with Crippen LogP contribution in [-0.4, -0.2) is 58.1 Å². The van der Waals surface area contributed by atoms with Gasteiger partial charge in [0.05, 0.1) is 33.3 Å². The molecule has 69 heavy (non-hydrogen) atoms. The van der Waals surface area contributed by atoms with E-state index in [0.717, 1.165) is 136 Å². The van der Waals surface area contributed by atoms with Crippen molar-refractivity contribution in [1.82, 2.24) is 34.0 Å². The molecular formula is C59H54ClN7O2. The number of carboxylic acid groups (broad SMARTS) is 1. The van der Waals surface area contributed by atoms with Crippen LogP contribution >= 0.6 is 11.6 Å². The topological polar surface area (TPSA) is 102 Å². The number of carbonyl (C=O) groups is 1. The molecule has 9 nitrogen and oxygen atoms in total. The van der Waals surface area contributed by atoms with E-state index in [9.17, 15) is 9.90 Å². The van der Waals surface area contributed by atoms with E-state index >= 15 is 0 Å². The summed E-state index contributed by atoms with van der Waals surface area (Å²) in [4.78, 5) is 34.9. The third kappa shape index (κ3) is 8.77. The molecule has 5 aromatic carbocycles. The lowest BCUT2D eigenvalue weighted by Gasteiger charge is -2.30. The molecular weight excluding hydrogens is 874 g/mol. The fourth-order valence-corrected chi connectivity index (χ4v) is 10.9. The fraction of sp³-hybridized carbons (Fsp3) is 0.237. The van der Waals surface area contributed by atoms with Gasteiger partial charge >= 0.3 is 5.97 Å². The van der Waals surface area contributed by atoms with Crippen molar-refractivity contribution >= 4 is 45.2 Å². The molecule has 1 fully saturated rings. The van der Waals surface area contributed by atoms with Crippen molar-refractivity contribution in [1.29, 1.82) is 0 Å². The van der Waals surface area contributed by atoms with Crippen LogP contribution in [0.4, 0.5) is 0 Å². The zero-order valence-electron chi connectivity index (χ0n) is 39.3. The Kier molecular flexibility index (Phi) is 12.0. The Morgan fingerprint density at radius 3 is 2.33 bits per heavy atom. The highest BCUT2D eigenvalue weighted by molar-refractivity contribution is 6.30. The Hall–Kier alpha value is -7.20. The van der Waals surface area contributed by atoms with Gasteiger partial charge in [0, 0.05) is 74.4 Å². The maximum atomic E-state index is 12.6. The number of fused-ring (bicyclic) bond motifs is 4. The molecule has 2 aliphatic rings. The molecule has 1 saturated heterocycles. The summed E-state index contributed by atoms with van der Waals surface area (Å²) in [6.07, 6.45) is 12.2. The number of piperidine rings is 1. The molecule has 1 N–H and O–H groups in total. The number of aromatic carboxylic acids is 1. The first-order chi connectivity index (χ1) is 33.7. The van der Waals surface area contributed by atoms with Gasteiger partial charge in [0.15, 0.2) is 0 Å². The molecule has 10 heteroatoms. The van der Waals surface area contributed by atoms with E-state index in [-0.39, 0.29) is 5.56 Å². The number of aryl methyl sites for hydroxylation is 5. The van der Waals surface area contributed by atoms with Crippen LogP contribution in [0.1, 0.15) is 92.6 Å². The molecule has 0 radical (unpaired) electrons. The number of likely N-dealkylation sites (tertiary alicyclic amines) is 1. The number of para-hydroxylation sites is 2. The van der Waals surface area contributed by atoms with Crippen molar-refractivity contribution in [3.63, 3.8) is 0 Å². The van der Waals surface area contributed by atoms with Gasteiger partial charge < -0.3 is 14.2 Å². The highest BCUT2D eigenvalue weighted by Gasteiger charge is 2.26. The molecule has 9 aromatic rings. The molecule has 0 spiro atoms. The lowest BCUT2D eigenvalue weighted by molar-refractivity contribution is 0.0697. The smallest absolute Gasteiger partial charge is 0.336 e. The third-order valence-electron chi connectivity index (χ3n) is 14.2. The van der Waals surface area contributed by atoms with Crippen LogP contribution in [0.3, 0.4) is 0 Å². The largest absolute Gasteiger partial charge is 0.478 e. The molecule has 344 valence electrons. The van der Waals surface area contributed by atoms with Crippen LogP contribution in [0.2, 0.25) is 5.02 Å². The Balaban J connectivity index is 0.811. The summed E-state index contributed by atoms with van der Waals surface area (Å²) in [5.74, 6) is 1.03. The zero-order valence-corrected chi connectivity index (χ0v) is 40.1. The molecule has 4 aromatic heterocycles. The van der Waals surface area contributed by atoms with Crippen molar-refractivity contribution in [2.45, 2.75) is 71.9 Å². The van der Waals surface area contributed by atoms with Gasteiger partial charge in [0.1, 0.15) is 11.6 Å². The van der Waals surface area contributed by atoms with Crippen molar-refractivity contribution in [2.24, 2.45) is 7.05 Å². The van der Waals surface area contributed by atoms with Gasteiger partial charge in [-0.25, -0.2) is 14.8 Å². The van der Waals surface area contributed by atoms with Gasteiger partial charge in [0.2, 0.25) is 0 Å². The molecule has 5 heterocycles. The van der Waals surface area contributed by atoms with Gasteiger partial charge in [-0.2, -0.15) is 0 Å². The number of nitrogens with zero attached hydrogens (tertiary/aromatic N) is 7. The first-order valence-electron chi connectivity index (χ1n) is 24.1. The molecule has 0 atom stereocenters. The maximum absolute atomic E-state index is 12.6. The zero-order chi connectivity index (χ0) is 47.2. The number of imidazole rings is 2. The first kappa shape index (κ1) is 44.3. The summed E-state index contributed by atoms with van der Waals surface area (Å²) in [5.41, 5.74) is 20.4. The number of aromatic nitrogens is 6. The highest BCUT2D eigenvalue weighted by Crippen LogP contribution is 2.39. The number of hydrogen-bond acceptors (Lipinski definition) is 6. The number of benzene rings is 5. The standard InChI is InChI=1S/C59H54ClN7O2/c1-4-8-54-64-56-37(2)27-46(58-63-51-10-5-6-11-52(51)65(58)3)32-53(56)67(54)36-38-12-15-42(16-13-38)50-30-39(14-20-49(50)59(68)69)28-40-29-41(34-61-33-40)35-66-25-22-43(23-26-66)55-48-21-19-47(60)31-45(48)18-17-44-9-7-24-62-57(44)55/h5-7,9-16,19-21,24,27,29-34H,4,8,17-18,22-23,25-26,28,35-36H2,1-3H3,(H,68,69). The monoisotopic (exact) mass is 927 g/mol. The van der Waals surface area contributed by atoms with Crippen LogP contribution < -0.4 is 0 Å². The first-order valence-corrected chi connectivity index (χ1v) is 24.5. The number of halogens is 1. The maximum Gasteiger partial charge on any atom is 0.336 e. The van der Waals surface area contributed by atoms with Crippen molar-refractivity contribution in [3.05, 3.63) is 206 Å². The SMILES string of the molecule is CCCc1nc2c(C)cc(-c3nc4ccccc4n3C)cc2n1Cc1ccc(-c2cc(Cc3cncc(CN4CCC(=C5c6ccc(Cl)cc6CCc6cccnc65)CC4)c3)ccc2C(=O)O)cc1. The summed E-state index contributed by atoms with van der Waals surface area (Å²) >= 11 is 6.48. The van der Waals surface area contributed by atoms with Gasteiger partial charge in [-0.15, -0.1) is 0 Å². The molecule has 0 amide bonds. The summed E-state index contributed by atoms with van der Waals surface area (Å²) in [7, 11) is 2.07. The van der Waals surface area contributed by atoms with Gasteiger partial charge in [-0.3, -0.25) is 14.9 Å². The average molecular weight is 929 g/mol. The van der Waals surface area contributed by atoms with E-state index in [2.05, 4.69) is 113 Å². The van der Waals surface area contributed by atoms with E-state index in [1.165, 1.54) is 33.4 Å². The van der Waals surface area contributed by atoms with Crippen molar-refractivity contribution in [2.75, 3.05) is 13.1 Å². The minimum absolute atomic E-state index is 0.281. The minimum Gasteiger partial charge on any atom is -0.478 e. The Labute approximate surface area is 407 Å². The number of hydrogen-bond donors (Lipinski definition) is 1. The third-order valence-corrected chi connectivity index (χ3v) is 14.4. The lowest BCUT2D eigenvalue weighted by atomic mass is 9.88. The predicted molar refractivity (Wildman–Crippen MR) is 277 cm³/mol. The number of pyridine rings is 2. The fourth-order valence-electron chi connectivity index (χ4n) is 10.7. The van der Waals surface area contributed by atoms with E-state index < -0.39 is 5.97 Å². The summed E-state index contributed by atoms with van der Waals surface area (Å²) < 4.78 is 4.50. The number of rotatable bonds is 11. The minimum atomic E-state index is -0.946. The molecule has 0 saturated carbocycles.